The van der Waals surface area contributed by atoms with Crippen LogP contribution in [0, 0.1) is 30.6 Å². The lowest BCUT2D eigenvalue weighted by atomic mass is 9.93. The van der Waals surface area contributed by atoms with Gasteiger partial charge < -0.3 is 30.5 Å². The number of ether oxygens (including phenoxy) is 1. The summed E-state index contributed by atoms with van der Waals surface area (Å²) in [7, 11) is 1.38. The quantitative estimate of drug-likeness (QED) is 0.164. The number of rotatable bonds is 13. The van der Waals surface area contributed by atoms with Crippen LogP contribution < -0.4 is 21.3 Å². The molecule has 1 heterocycles. The summed E-state index contributed by atoms with van der Waals surface area (Å²) >= 11 is 0. The van der Waals surface area contributed by atoms with Crippen molar-refractivity contribution in [2.75, 3.05) is 19.0 Å². The lowest BCUT2D eigenvalue weighted by Crippen LogP contribution is -2.55. The number of nitrogens with zero attached hydrogens (tertiary/aromatic N) is 2. The number of nitriles is 1. The molecule has 0 saturated heterocycles. The molecule has 242 valence electrons. The van der Waals surface area contributed by atoms with Crippen LogP contribution in [0.25, 0.3) is 0 Å². The third-order valence-electron chi connectivity index (χ3n) is 6.60. The standard InChI is InChI=1S/C34H40N6O6/c1-21-10-12-23(13-11-21)19-36-31(42)27(38-33(44)29(20-45-6)39-32(43)28-14-22(2)46-40-28)16-24-8-7-9-26(15-24)37-30(41)25(18-35)17-34(3,4)5/h7-15,17,27,29H,16,19-20H2,1-6H3,(H,36,42)(H,37,41)(H,38,44)(H,39,43)/t27-,29-/m0/s1. The maximum Gasteiger partial charge on any atom is 0.274 e. The van der Waals surface area contributed by atoms with Gasteiger partial charge in [0, 0.05) is 31.8 Å². The average molecular weight is 629 g/mol. The van der Waals surface area contributed by atoms with E-state index in [2.05, 4.69) is 26.4 Å². The van der Waals surface area contributed by atoms with Crippen LogP contribution >= 0.6 is 0 Å². The number of nitrogens with one attached hydrogen (secondary N) is 4. The Morgan fingerprint density at radius 2 is 1.70 bits per heavy atom. The van der Waals surface area contributed by atoms with Gasteiger partial charge >= 0.3 is 0 Å². The van der Waals surface area contributed by atoms with Crippen LogP contribution in [0.3, 0.4) is 0 Å². The zero-order valence-electron chi connectivity index (χ0n) is 26.9. The minimum atomic E-state index is -1.15. The Hall–Kier alpha value is -5.28. The van der Waals surface area contributed by atoms with E-state index in [-0.39, 0.29) is 36.3 Å². The molecule has 0 radical (unpaired) electrons. The number of carbonyl (C=O) groups is 4. The summed E-state index contributed by atoms with van der Waals surface area (Å²) < 4.78 is 10.1. The van der Waals surface area contributed by atoms with E-state index in [4.69, 9.17) is 9.26 Å². The van der Waals surface area contributed by atoms with Gasteiger partial charge in [0.2, 0.25) is 11.8 Å². The van der Waals surface area contributed by atoms with Crippen LogP contribution in [-0.4, -0.2) is 54.6 Å². The van der Waals surface area contributed by atoms with Gasteiger partial charge in [0.05, 0.1) is 6.61 Å². The molecule has 2 aromatic carbocycles. The van der Waals surface area contributed by atoms with Crippen LogP contribution in [0.2, 0.25) is 0 Å². The van der Waals surface area contributed by atoms with Gasteiger partial charge in [0.1, 0.15) is 29.5 Å². The predicted molar refractivity (Wildman–Crippen MR) is 171 cm³/mol. The summed E-state index contributed by atoms with van der Waals surface area (Å²) in [5.74, 6) is -1.89. The lowest BCUT2D eigenvalue weighted by Gasteiger charge is -2.23. The fourth-order valence-electron chi connectivity index (χ4n) is 4.35. The summed E-state index contributed by atoms with van der Waals surface area (Å²) in [4.78, 5) is 52.4. The monoisotopic (exact) mass is 628 g/mol. The average Bonchev–Trinajstić information content (AvgIpc) is 3.44. The number of allylic oxidation sites excluding steroid dienone is 1. The van der Waals surface area contributed by atoms with Gasteiger partial charge in [-0.1, -0.05) is 74.0 Å². The van der Waals surface area contributed by atoms with Crippen molar-refractivity contribution in [2.24, 2.45) is 5.41 Å². The predicted octanol–water partition coefficient (Wildman–Crippen LogP) is 3.51. The van der Waals surface area contributed by atoms with E-state index >= 15 is 0 Å². The van der Waals surface area contributed by atoms with Crippen LogP contribution in [0.15, 0.2) is 70.8 Å². The topological polar surface area (TPSA) is 175 Å². The van der Waals surface area contributed by atoms with Gasteiger partial charge in [-0.3, -0.25) is 19.2 Å². The second-order valence-electron chi connectivity index (χ2n) is 12.0. The molecule has 0 fully saturated rings. The fourth-order valence-corrected chi connectivity index (χ4v) is 4.35. The van der Waals surface area contributed by atoms with E-state index in [0.29, 0.717) is 17.0 Å². The van der Waals surface area contributed by atoms with E-state index in [1.165, 1.54) is 13.2 Å². The van der Waals surface area contributed by atoms with E-state index in [1.54, 1.807) is 37.3 Å². The third kappa shape index (κ3) is 11.0. The summed E-state index contributed by atoms with van der Waals surface area (Å²) in [6.07, 6.45) is 1.64. The molecule has 2 atom stereocenters. The number of aryl methyl sites for hydroxylation is 2. The maximum atomic E-state index is 13.5. The van der Waals surface area contributed by atoms with Gasteiger partial charge in [0.25, 0.3) is 11.8 Å². The molecule has 12 heteroatoms. The number of amides is 4. The van der Waals surface area contributed by atoms with Gasteiger partial charge in [-0.05, 0) is 42.5 Å². The van der Waals surface area contributed by atoms with Gasteiger partial charge in [-0.15, -0.1) is 0 Å². The minimum absolute atomic E-state index is 0.00504. The molecule has 0 aliphatic carbocycles. The van der Waals surface area contributed by atoms with E-state index in [0.717, 1.165) is 11.1 Å². The highest BCUT2D eigenvalue weighted by atomic mass is 16.5. The fraction of sp³-hybridized carbons (Fsp3) is 0.353. The number of anilines is 1. The Morgan fingerprint density at radius 3 is 2.30 bits per heavy atom. The molecule has 0 unspecified atom stereocenters. The van der Waals surface area contributed by atoms with Crippen molar-refractivity contribution in [3.05, 3.63) is 94.4 Å². The van der Waals surface area contributed by atoms with Crippen molar-refractivity contribution in [2.45, 2.75) is 59.7 Å². The minimum Gasteiger partial charge on any atom is -0.382 e. The van der Waals surface area contributed by atoms with Crippen molar-refractivity contribution in [3.8, 4) is 6.07 Å². The van der Waals surface area contributed by atoms with Crippen LogP contribution in [0.5, 0.6) is 0 Å². The Bertz CT molecular complexity index is 1610. The van der Waals surface area contributed by atoms with Crippen molar-refractivity contribution in [1.82, 2.24) is 21.1 Å². The Labute approximate surface area is 268 Å². The molecule has 0 spiro atoms. The van der Waals surface area contributed by atoms with Gasteiger partial charge in [-0.25, -0.2) is 0 Å². The largest absolute Gasteiger partial charge is 0.382 e. The number of aromatic nitrogens is 1. The van der Waals surface area contributed by atoms with Crippen molar-refractivity contribution >= 4 is 29.3 Å². The second-order valence-corrected chi connectivity index (χ2v) is 12.0. The highest BCUT2D eigenvalue weighted by Gasteiger charge is 2.28. The van der Waals surface area contributed by atoms with E-state index in [9.17, 15) is 24.4 Å². The Balaban J connectivity index is 1.82. The molecule has 4 amide bonds. The summed E-state index contributed by atoms with van der Waals surface area (Å²) in [6.45, 7) is 9.30. The number of carbonyl (C=O) groups excluding carboxylic acids is 4. The molecule has 0 saturated carbocycles. The lowest BCUT2D eigenvalue weighted by molar-refractivity contribution is -0.130. The van der Waals surface area contributed by atoms with Gasteiger partial charge in [-0.2, -0.15) is 5.26 Å². The summed E-state index contributed by atoms with van der Waals surface area (Å²) in [6, 6.07) is 15.6. The highest BCUT2D eigenvalue weighted by Crippen LogP contribution is 2.19. The number of methoxy groups -OCH3 is 1. The molecular formula is C34H40N6O6. The first-order chi connectivity index (χ1) is 21.8. The highest BCUT2D eigenvalue weighted by molar-refractivity contribution is 6.06. The number of benzene rings is 2. The van der Waals surface area contributed by atoms with Crippen molar-refractivity contribution in [3.63, 3.8) is 0 Å². The zero-order valence-corrected chi connectivity index (χ0v) is 26.9. The molecule has 3 aromatic rings. The number of hydrogen-bond donors (Lipinski definition) is 4. The summed E-state index contributed by atoms with van der Waals surface area (Å²) in [5.41, 5.74) is 2.58. The number of hydrogen-bond acceptors (Lipinski definition) is 8. The van der Waals surface area contributed by atoms with Crippen LogP contribution in [0.1, 0.15) is 53.7 Å². The molecular weight excluding hydrogens is 588 g/mol. The SMILES string of the molecule is COC[C@H](NC(=O)c1cc(C)on1)C(=O)N[C@@H](Cc1cccc(NC(=O)C(C#N)=CC(C)(C)C)c1)C(=O)NCc1ccc(C)cc1. The molecule has 0 aliphatic heterocycles. The molecule has 4 N–H and O–H groups in total. The molecule has 12 nitrogen and oxygen atoms in total. The second kappa shape index (κ2) is 16.2. The Morgan fingerprint density at radius 1 is 0.978 bits per heavy atom. The molecule has 0 bridgehead atoms. The van der Waals surface area contributed by atoms with Crippen molar-refractivity contribution in [1.29, 1.82) is 5.26 Å². The molecule has 1 aromatic heterocycles. The first kappa shape index (κ1) is 35.2. The smallest absolute Gasteiger partial charge is 0.274 e. The normalized spacial score (nSPS) is 12.8. The van der Waals surface area contributed by atoms with Crippen LogP contribution in [0.4, 0.5) is 5.69 Å². The summed E-state index contributed by atoms with van der Waals surface area (Å²) in [5, 5.41) is 24.1. The molecule has 46 heavy (non-hydrogen) atoms. The Kier molecular flexibility index (Phi) is 12.4. The van der Waals surface area contributed by atoms with Crippen LogP contribution in [-0.2, 0) is 32.1 Å². The first-order valence-electron chi connectivity index (χ1n) is 14.7. The third-order valence-corrected chi connectivity index (χ3v) is 6.60. The van der Waals surface area contributed by atoms with E-state index in [1.807, 2.05) is 58.0 Å². The maximum absolute atomic E-state index is 13.5. The molecule has 0 aliphatic rings. The first-order valence-corrected chi connectivity index (χ1v) is 14.7. The van der Waals surface area contributed by atoms with E-state index < -0.39 is 35.7 Å². The zero-order chi connectivity index (χ0) is 33.9. The molecule has 3 rings (SSSR count). The van der Waals surface area contributed by atoms with Crippen molar-refractivity contribution < 1.29 is 28.4 Å². The van der Waals surface area contributed by atoms with Gasteiger partial charge in [0.15, 0.2) is 5.69 Å².